The number of carbonyl (C=O) groups excluding carboxylic acids is 1. The summed E-state index contributed by atoms with van der Waals surface area (Å²) in [4.78, 5) is 16.7. The van der Waals surface area contributed by atoms with E-state index in [0.29, 0.717) is 16.4 Å². The van der Waals surface area contributed by atoms with E-state index in [9.17, 15) is 18.0 Å². The van der Waals surface area contributed by atoms with Crippen LogP contribution < -0.4 is 5.32 Å². The molecule has 0 aliphatic rings. The predicted molar refractivity (Wildman–Crippen MR) is 109 cm³/mol. The molecule has 0 saturated carbocycles. The average Bonchev–Trinajstić information content (AvgIpc) is 3.16. The number of imidazole rings is 1. The zero-order valence-electron chi connectivity index (χ0n) is 15.4. The highest BCUT2D eigenvalue weighted by molar-refractivity contribution is 7.99. The maximum absolute atomic E-state index is 12.6. The minimum absolute atomic E-state index is 0.0692. The fraction of sp³-hybridized carbons (Fsp3) is 0.0952. The molecule has 2 aromatic carbocycles. The Kier molecular flexibility index (Phi) is 5.45. The van der Waals surface area contributed by atoms with Gasteiger partial charge in [0.05, 0.1) is 23.2 Å². The van der Waals surface area contributed by atoms with Gasteiger partial charge in [0.25, 0.3) is 0 Å². The molecule has 0 spiro atoms. The first kappa shape index (κ1) is 20.0. The standard InChI is InChI=1S/C21H15F3N4OS/c22-21(23,24)15-6-8-16(9-7-15)25-19(29)13-30-20-11-10-18-26-17(12-28(18)27-20)14-4-2-1-3-5-14/h1-12H,13H2,(H,25,29). The van der Waals surface area contributed by atoms with Gasteiger partial charge in [-0.2, -0.15) is 18.3 Å². The number of rotatable bonds is 5. The lowest BCUT2D eigenvalue weighted by Gasteiger charge is -2.08. The molecule has 30 heavy (non-hydrogen) atoms. The van der Waals surface area contributed by atoms with Crippen LogP contribution in [0.4, 0.5) is 18.9 Å². The molecule has 0 fully saturated rings. The fourth-order valence-electron chi connectivity index (χ4n) is 2.77. The molecule has 0 unspecified atom stereocenters. The number of halogens is 3. The lowest BCUT2D eigenvalue weighted by Crippen LogP contribution is -2.14. The van der Waals surface area contributed by atoms with Gasteiger partial charge in [0.15, 0.2) is 5.65 Å². The molecule has 152 valence electrons. The van der Waals surface area contributed by atoms with E-state index in [0.717, 1.165) is 23.4 Å². The normalized spacial score (nSPS) is 11.6. The summed E-state index contributed by atoms with van der Waals surface area (Å²) in [6, 6.07) is 17.6. The van der Waals surface area contributed by atoms with Crippen LogP contribution in [0.5, 0.6) is 0 Å². The van der Waals surface area contributed by atoms with Crippen molar-refractivity contribution < 1.29 is 18.0 Å². The van der Waals surface area contributed by atoms with Gasteiger partial charge in [-0.1, -0.05) is 42.1 Å². The van der Waals surface area contributed by atoms with Crippen molar-refractivity contribution in [2.45, 2.75) is 11.2 Å². The van der Waals surface area contributed by atoms with Crippen molar-refractivity contribution in [3.05, 3.63) is 78.5 Å². The quantitative estimate of drug-likeness (QED) is 0.447. The number of nitrogens with one attached hydrogen (secondary N) is 1. The first-order valence-corrected chi connectivity index (χ1v) is 9.89. The van der Waals surface area contributed by atoms with Gasteiger partial charge in [-0.15, -0.1) is 0 Å². The molecule has 1 N–H and O–H groups in total. The Hall–Kier alpha value is -3.33. The molecule has 0 saturated heterocycles. The van der Waals surface area contributed by atoms with Gasteiger partial charge in [0.2, 0.25) is 5.91 Å². The summed E-state index contributed by atoms with van der Waals surface area (Å²) in [5.41, 5.74) is 2.01. The molecule has 0 atom stereocenters. The maximum atomic E-state index is 12.6. The third-order valence-corrected chi connectivity index (χ3v) is 5.13. The van der Waals surface area contributed by atoms with Crippen LogP contribution in [0, 0.1) is 0 Å². The number of alkyl halides is 3. The van der Waals surface area contributed by atoms with E-state index in [2.05, 4.69) is 15.4 Å². The second-order valence-corrected chi connectivity index (χ2v) is 7.37. The summed E-state index contributed by atoms with van der Waals surface area (Å²) in [5, 5.41) is 7.66. The first-order valence-electron chi connectivity index (χ1n) is 8.90. The number of thioether (sulfide) groups is 1. The van der Waals surface area contributed by atoms with E-state index in [1.54, 1.807) is 10.6 Å². The van der Waals surface area contributed by atoms with Crippen LogP contribution in [0.15, 0.2) is 78.0 Å². The summed E-state index contributed by atoms with van der Waals surface area (Å²) in [5.74, 6) is -0.267. The Bertz CT molecular complexity index is 1170. The highest BCUT2D eigenvalue weighted by Gasteiger charge is 2.29. The van der Waals surface area contributed by atoms with Crippen molar-refractivity contribution in [3.8, 4) is 11.3 Å². The van der Waals surface area contributed by atoms with E-state index in [4.69, 9.17) is 0 Å². The van der Waals surface area contributed by atoms with Gasteiger partial charge in [-0.25, -0.2) is 9.50 Å². The zero-order chi connectivity index (χ0) is 21.1. The van der Waals surface area contributed by atoms with Gasteiger partial charge in [0, 0.05) is 11.3 Å². The van der Waals surface area contributed by atoms with Crippen molar-refractivity contribution in [2.75, 3.05) is 11.1 Å². The Morgan fingerprint density at radius 3 is 2.43 bits per heavy atom. The van der Waals surface area contributed by atoms with Crippen molar-refractivity contribution >= 4 is 29.0 Å². The number of hydrogen-bond acceptors (Lipinski definition) is 4. The van der Waals surface area contributed by atoms with E-state index in [1.807, 2.05) is 42.6 Å². The van der Waals surface area contributed by atoms with E-state index in [-0.39, 0.29) is 11.7 Å². The maximum Gasteiger partial charge on any atom is 0.416 e. The van der Waals surface area contributed by atoms with Gasteiger partial charge in [-0.3, -0.25) is 4.79 Å². The van der Waals surface area contributed by atoms with Crippen LogP contribution in [0.1, 0.15) is 5.56 Å². The topological polar surface area (TPSA) is 59.3 Å². The smallest absolute Gasteiger partial charge is 0.325 e. The van der Waals surface area contributed by atoms with Crippen LogP contribution >= 0.6 is 11.8 Å². The highest BCUT2D eigenvalue weighted by Crippen LogP contribution is 2.30. The van der Waals surface area contributed by atoms with Gasteiger partial charge >= 0.3 is 6.18 Å². The molecular weight excluding hydrogens is 413 g/mol. The molecule has 9 heteroatoms. The number of anilines is 1. The third-order valence-electron chi connectivity index (χ3n) is 4.21. The first-order chi connectivity index (χ1) is 14.4. The summed E-state index contributed by atoms with van der Waals surface area (Å²) in [6.45, 7) is 0. The van der Waals surface area contributed by atoms with Crippen molar-refractivity contribution in [1.82, 2.24) is 14.6 Å². The minimum Gasteiger partial charge on any atom is -0.325 e. The lowest BCUT2D eigenvalue weighted by molar-refractivity contribution is -0.137. The Morgan fingerprint density at radius 2 is 1.73 bits per heavy atom. The molecule has 0 bridgehead atoms. The summed E-state index contributed by atoms with van der Waals surface area (Å²) in [7, 11) is 0. The van der Waals surface area contributed by atoms with Crippen molar-refractivity contribution in [1.29, 1.82) is 0 Å². The molecule has 2 aromatic heterocycles. The number of aromatic nitrogens is 3. The number of carbonyl (C=O) groups is 1. The van der Waals surface area contributed by atoms with Gasteiger partial charge in [0.1, 0.15) is 5.03 Å². The van der Waals surface area contributed by atoms with Crippen LogP contribution in [0.25, 0.3) is 16.9 Å². The zero-order valence-corrected chi connectivity index (χ0v) is 16.2. The molecule has 2 heterocycles. The van der Waals surface area contributed by atoms with E-state index < -0.39 is 11.7 Å². The SMILES string of the molecule is O=C(CSc1ccc2nc(-c3ccccc3)cn2n1)Nc1ccc(C(F)(F)F)cc1. The highest BCUT2D eigenvalue weighted by atomic mass is 32.2. The van der Waals surface area contributed by atoms with Crippen molar-refractivity contribution in [2.24, 2.45) is 0 Å². The molecule has 4 aromatic rings. The second-order valence-electron chi connectivity index (χ2n) is 6.38. The predicted octanol–water partition coefficient (Wildman–Crippen LogP) is 5.15. The summed E-state index contributed by atoms with van der Waals surface area (Å²) in [6.07, 6.45) is -2.59. The molecule has 4 rings (SSSR count). The third kappa shape index (κ3) is 4.62. The number of fused-ring (bicyclic) bond motifs is 1. The van der Waals surface area contributed by atoms with Gasteiger partial charge in [-0.05, 0) is 36.4 Å². The summed E-state index contributed by atoms with van der Waals surface area (Å²) < 4.78 is 39.4. The van der Waals surface area contributed by atoms with E-state index >= 15 is 0 Å². The fourth-order valence-corrected chi connectivity index (χ4v) is 3.43. The molecule has 0 aliphatic carbocycles. The largest absolute Gasteiger partial charge is 0.416 e. The molecular formula is C21H15F3N4OS. The average molecular weight is 428 g/mol. The van der Waals surface area contributed by atoms with Crippen LogP contribution in [0.2, 0.25) is 0 Å². The second kappa shape index (κ2) is 8.19. The Balaban J connectivity index is 1.39. The van der Waals surface area contributed by atoms with Crippen molar-refractivity contribution in [3.63, 3.8) is 0 Å². The van der Waals surface area contributed by atoms with Crippen LogP contribution in [-0.2, 0) is 11.0 Å². The lowest BCUT2D eigenvalue weighted by atomic mass is 10.2. The molecule has 5 nitrogen and oxygen atoms in total. The molecule has 0 radical (unpaired) electrons. The Morgan fingerprint density at radius 1 is 1.00 bits per heavy atom. The molecule has 0 aliphatic heterocycles. The monoisotopic (exact) mass is 428 g/mol. The summed E-state index contributed by atoms with van der Waals surface area (Å²) >= 11 is 1.22. The molecule has 1 amide bonds. The number of hydrogen-bond donors (Lipinski definition) is 1. The number of nitrogens with zero attached hydrogens (tertiary/aromatic N) is 3. The number of amides is 1. The van der Waals surface area contributed by atoms with Crippen LogP contribution in [0.3, 0.4) is 0 Å². The Labute approximate surface area is 173 Å². The minimum atomic E-state index is -4.41. The number of benzene rings is 2. The van der Waals surface area contributed by atoms with Crippen LogP contribution in [-0.4, -0.2) is 26.3 Å². The van der Waals surface area contributed by atoms with Gasteiger partial charge < -0.3 is 5.32 Å². The van der Waals surface area contributed by atoms with E-state index in [1.165, 1.54) is 23.9 Å².